The van der Waals surface area contributed by atoms with E-state index in [1.165, 1.54) is 29.1 Å². The van der Waals surface area contributed by atoms with E-state index in [2.05, 4.69) is 10.3 Å². The molecule has 0 fully saturated rings. The van der Waals surface area contributed by atoms with Crippen molar-refractivity contribution < 1.29 is 14.3 Å². The summed E-state index contributed by atoms with van der Waals surface area (Å²) in [6, 6.07) is 13.3. The Labute approximate surface area is 119 Å². The van der Waals surface area contributed by atoms with Gasteiger partial charge in [0, 0.05) is 5.56 Å². The van der Waals surface area contributed by atoms with Gasteiger partial charge in [0.2, 0.25) is 0 Å². The van der Waals surface area contributed by atoms with Crippen molar-refractivity contribution in [1.82, 2.24) is 15.0 Å². The molecule has 0 aliphatic carbocycles. The lowest BCUT2D eigenvalue weighted by Crippen LogP contribution is -2.04. The molecule has 0 amide bonds. The second kappa shape index (κ2) is 5.16. The molecule has 0 atom stereocenters. The molecule has 3 aromatic rings. The van der Waals surface area contributed by atoms with Gasteiger partial charge >= 0.3 is 5.97 Å². The fourth-order valence-corrected chi connectivity index (χ4v) is 2.07. The summed E-state index contributed by atoms with van der Waals surface area (Å²) in [6.45, 7) is 0. The molecular weight excluding hydrogens is 273 g/mol. The van der Waals surface area contributed by atoms with Crippen LogP contribution in [-0.2, 0) is 0 Å². The molecule has 1 heterocycles. The first-order valence-electron chi connectivity index (χ1n) is 6.17. The Morgan fingerprint density at radius 1 is 1.10 bits per heavy atom. The minimum absolute atomic E-state index is 0.142. The minimum atomic E-state index is -1.31. The Balaban J connectivity index is 2.18. The van der Waals surface area contributed by atoms with Gasteiger partial charge in [0.15, 0.2) is 0 Å². The molecule has 0 radical (unpaired) electrons. The molecule has 0 bridgehead atoms. The number of hydrogen-bond donors (Lipinski definition) is 1. The highest BCUT2D eigenvalue weighted by Crippen LogP contribution is 2.26. The van der Waals surface area contributed by atoms with Crippen LogP contribution in [0.25, 0.3) is 16.9 Å². The Hall–Kier alpha value is -3.02. The summed E-state index contributed by atoms with van der Waals surface area (Å²) in [6.07, 6.45) is 1.40. The van der Waals surface area contributed by atoms with Crippen LogP contribution < -0.4 is 0 Å². The van der Waals surface area contributed by atoms with Gasteiger partial charge in [0.1, 0.15) is 5.82 Å². The van der Waals surface area contributed by atoms with E-state index in [0.29, 0.717) is 11.4 Å². The highest BCUT2D eigenvalue weighted by molar-refractivity contribution is 5.89. The van der Waals surface area contributed by atoms with E-state index in [9.17, 15) is 9.18 Å². The van der Waals surface area contributed by atoms with Crippen LogP contribution in [0.5, 0.6) is 0 Å². The molecule has 6 heteroatoms. The highest BCUT2D eigenvalue weighted by atomic mass is 19.1. The zero-order valence-corrected chi connectivity index (χ0v) is 10.8. The van der Waals surface area contributed by atoms with Crippen molar-refractivity contribution in [2.75, 3.05) is 0 Å². The van der Waals surface area contributed by atoms with Crippen LogP contribution in [0.4, 0.5) is 4.39 Å². The van der Waals surface area contributed by atoms with E-state index < -0.39 is 11.8 Å². The van der Waals surface area contributed by atoms with Crippen LogP contribution in [0.15, 0.2) is 54.7 Å². The summed E-state index contributed by atoms with van der Waals surface area (Å²) < 4.78 is 15.8. The van der Waals surface area contributed by atoms with Gasteiger partial charge in [-0.15, -0.1) is 5.10 Å². The van der Waals surface area contributed by atoms with Gasteiger partial charge in [-0.2, -0.15) is 0 Å². The molecule has 0 saturated heterocycles. The average Bonchev–Trinajstić information content (AvgIpc) is 2.97. The van der Waals surface area contributed by atoms with Crippen LogP contribution in [0.1, 0.15) is 10.4 Å². The van der Waals surface area contributed by atoms with Gasteiger partial charge in [-0.3, -0.25) is 0 Å². The van der Waals surface area contributed by atoms with Crippen molar-refractivity contribution >= 4 is 5.97 Å². The number of nitrogens with zero attached hydrogens (tertiary/aromatic N) is 3. The van der Waals surface area contributed by atoms with Crippen LogP contribution >= 0.6 is 0 Å². The van der Waals surface area contributed by atoms with E-state index in [-0.39, 0.29) is 11.1 Å². The van der Waals surface area contributed by atoms with Crippen LogP contribution in [0.3, 0.4) is 0 Å². The van der Waals surface area contributed by atoms with E-state index in [1.807, 2.05) is 18.2 Å². The quantitative estimate of drug-likeness (QED) is 0.802. The highest BCUT2D eigenvalue weighted by Gasteiger charge is 2.18. The number of para-hydroxylation sites is 1. The lowest BCUT2D eigenvalue weighted by atomic mass is 10.1. The molecule has 104 valence electrons. The molecule has 1 aromatic heterocycles. The lowest BCUT2D eigenvalue weighted by molar-refractivity contribution is 0.0692. The minimum Gasteiger partial charge on any atom is -0.478 e. The number of rotatable bonds is 3. The van der Waals surface area contributed by atoms with Crippen molar-refractivity contribution in [3.8, 4) is 16.9 Å². The van der Waals surface area contributed by atoms with Gasteiger partial charge in [-0.25, -0.2) is 13.9 Å². The summed E-state index contributed by atoms with van der Waals surface area (Å²) in [5.74, 6) is -2.11. The first-order valence-corrected chi connectivity index (χ1v) is 6.17. The SMILES string of the molecule is O=C(O)c1cccc(-c2cnnn2-c2ccccc2)c1F. The van der Waals surface area contributed by atoms with Crippen molar-refractivity contribution in [3.63, 3.8) is 0 Å². The lowest BCUT2D eigenvalue weighted by Gasteiger charge is -2.08. The number of aromatic nitrogens is 3. The van der Waals surface area contributed by atoms with Gasteiger partial charge in [-0.05, 0) is 24.3 Å². The average molecular weight is 283 g/mol. The Morgan fingerprint density at radius 3 is 2.57 bits per heavy atom. The monoisotopic (exact) mass is 283 g/mol. The van der Waals surface area contributed by atoms with Gasteiger partial charge in [-0.1, -0.05) is 29.5 Å². The van der Waals surface area contributed by atoms with Gasteiger partial charge < -0.3 is 5.11 Å². The largest absolute Gasteiger partial charge is 0.478 e. The summed E-state index contributed by atoms with van der Waals surface area (Å²) in [7, 11) is 0. The maximum Gasteiger partial charge on any atom is 0.338 e. The number of aromatic carboxylic acids is 1. The molecule has 2 aromatic carbocycles. The van der Waals surface area contributed by atoms with Crippen LogP contribution in [-0.4, -0.2) is 26.1 Å². The third kappa shape index (κ3) is 2.27. The zero-order chi connectivity index (χ0) is 14.8. The number of halogens is 1. The van der Waals surface area contributed by atoms with E-state index in [1.54, 1.807) is 12.1 Å². The normalized spacial score (nSPS) is 10.5. The van der Waals surface area contributed by atoms with Crippen molar-refractivity contribution in [1.29, 1.82) is 0 Å². The summed E-state index contributed by atoms with van der Waals surface area (Å²) in [5, 5.41) is 16.7. The number of benzene rings is 2. The molecule has 1 N–H and O–H groups in total. The third-order valence-corrected chi connectivity index (χ3v) is 3.06. The fraction of sp³-hybridized carbons (Fsp3) is 0. The summed E-state index contributed by atoms with van der Waals surface area (Å²) in [4.78, 5) is 11.0. The Kier molecular flexibility index (Phi) is 3.19. The van der Waals surface area contributed by atoms with Crippen LogP contribution in [0, 0.1) is 5.82 Å². The molecular formula is C15H10FN3O2. The standard InChI is InChI=1S/C15H10FN3O2/c16-14-11(7-4-8-12(14)15(20)21)13-9-17-18-19(13)10-5-2-1-3-6-10/h1-9H,(H,20,21). The molecule has 5 nitrogen and oxygen atoms in total. The van der Waals surface area contributed by atoms with E-state index >= 15 is 0 Å². The Bertz CT molecular complexity index is 800. The zero-order valence-electron chi connectivity index (χ0n) is 10.8. The molecule has 0 aliphatic heterocycles. The predicted molar refractivity (Wildman–Crippen MR) is 73.7 cm³/mol. The molecule has 0 saturated carbocycles. The van der Waals surface area contributed by atoms with Gasteiger partial charge in [0.25, 0.3) is 0 Å². The summed E-state index contributed by atoms with van der Waals surface area (Å²) >= 11 is 0. The number of carboxylic acids is 1. The van der Waals surface area contributed by atoms with Crippen LogP contribution in [0.2, 0.25) is 0 Å². The number of carboxylic acid groups (broad SMARTS) is 1. The number of carbonyl (C=O) groups is 1. The molecule has 0 aliphatic rings. The first kappa shape index (κ1) is 13.0. The molecule has 21 heavy (non-hydrogen) atoms. The fourth-order valence-electron chi connectivity index (χ4n) is 2.07. The maximum absolute atomic E-state index is 14.3. The second-order valence-electron chi connectivity index (χ2n) is 4.34. The first-order chi connectivity index (χ1) is 10.2. The Morgan fingerprint density at radius 2 is 1.86 bits per heavy atom. The van der Waals surface area contributed by atoms with Gasteiger partial charge in [0.05, 0.1) is 23.1 Å². The second-order valence-corrected chi connectivity index (χ2v) is 4.34. The third-order valence-electron chi connectivity index (χ3n) is 3.06. The van der Waals surface area contributed by atoms with Crippen molar-refractivity contribution in [3.05, 3.63) is 66.1 Å². The molecule has 0 spiro atoms. The summed E-state index contributed by atoms with van der Waals surface area (Å²) in [5.41, 5.74) is 0.865. The van der Waals surface area contributed by atoms with Crippen molar-refractivity contribution in [2.45, 2.75) is 0 Å². The predicted octanol–water partition coefficient (Wildman–Crippen LogP) is 2.77. The van der Waals surface area contributed by atoms with Crippen molar-refractivity contribution in [2.24, 2.45) is 0 Å². The smallest absolute Gasteiger partial charge is 0.338 e. The maximum atomic E-state index is 14.3. The number of hydrogen-bond acceptors (Lipinski definition) is 3. The molecule has 3 rings (SSSR count). The topological polar surface area (TPSA) is 68.0 Å². The molecule has 0 unspecified atom stereocenters. The van der Waals surface area contributed by atoms with E-state index in [4.69, 9.17) is 5.11 Å². The van der Waals surface area contributed by atoms with E-state index in [0.717, 1.165) is 0 Å².